The Bertz CT molecular complexity index is 297. The molecule has 0 aromatic heterocycles. The van der Waals surface area contributed by atoms with Crippen LogP contribution in [0.4, 0.5) is 0 Å². The molecule has 116 valence electrons. The van der Waals surface area contributed by atoms with E-state index in [1.54, 1.807) is 0 Å². The first-order chi connectivity index (χ1) is 9.69. The molecule has 0 aromatic rings. The minimum Gasteiger partial charge on any atom is -0.343 e. The van der Waals surface area contributed by atoms with Crippen molar-refractivity contribution in [2.24, 2.45) is 17.6 Å². The molecule has 3 nitrogen and oxygen atoms in total. The van der Waals surface area contributed by atoms with Crippen molar-refractivity contribution < 1.29 is 4.79 Å². The van der Waals surface area contributed by atoms with Crippen molar-refractivity contribution >= 4 is 5.91 Å². The summed E-state index contributed by atoms with van der Waals surface area (Å²) in [6.45, 7) is 4.26. The zero-order valence-electron chi connectivity index (χ0n) is 13.2. The first-order valence-electron chi connectivity index (χ1n) is 8.72. The highest BCUT2D eigenvalue weighted by molar-refractivity contribution is 5.76. The van der Waals surface area contributed by atoms with E-state index in [2.05, 4.69) is 11.8 Å². The number of nitrogens with zero attached hydrogens (tertiary/aromatic N) is 1. The van der Waals surface area contributed by atoms with E-state index in [1.165, 1.54) is 38.5 Å². The predicted molar refractivity (Wildman–Crippen MR) is 83.4 cm³/mol. The van der Waals surface area contributed by atoms with Crippen LogP contribution in [0.15, 0.2) is 0 Å². The highest BCUT2D eigenvalue weighted by Crippen LogP contribution is 2.27. The fourth-order valence-electron chi connectivity index (χ4n) is 3.79. The molecule has 1 saturated heterocycles. The van der Waals surface area contributed by atoms with Gasteiger partial charge >= 0.3 is 0 Å². The van der Waals surface area contributed by atoms with Crippen LogP contribution in [0.3, 0.4) is 0 Å². The minimum atomic E-state index is 0.400. The lowest BCUT2D eigenvalue weighted by atomic mass is 9.84. The van der Waals surface area contributed by atoms with Crippen molar-refractivity contribution in [3.63, 3.8) is 0 Å². The van der Waals surface area contributed by atoms with Gasteiger partial charge in [0.15, 0.2) is 0 Å². The van der Waals surface area contributed by atoms with Crippen molar-refractivity contribution in [2.75, 3.05) is 13.1 Å². The van der Waals surface area contributed by atoms with Crippen LogP contribution >= 0.6 is 0 Å². The van der Waals surface area contributed by atoms with E-state index < -0.39 is 0 Å². The number of hydrogen-bond donors (Lipinski definition) is 1. The molecule has 2 N–H and O–H groups in total. The van der Waals surface area contributed by atoms with Gasteiger partial charge in [-0.25, -0.2) is 0 Å². The van der Waals surface area contributed by atoms with Crippen molar-refractivity contribution in [3.8, 4) is 0 Å². The lowest BCUT2D eigenvalue weighted by Gasteiger charge is -2.27. The summed E-state index contributed by atoms with van der Waals surface area (Å²) in [5, 5.41) is 0. The first kappa shape index (κ1) is 15.8. The molecule has 1 unspecified atom stereocenters. The molecular weight excluding hydrogens is 248 g/mol. The standard InChI is InChI=1S/C17H32N2O/c1-2-14-4-3-12-19(13-11-14)17(20)10-7-15-5-8-16(18)9-6-15/h14-16H,2-13,18H2,1H3. The monoisotopic (exact) mass is 280 g/mol. The number of nitrogens with two attached hydrogens (primary N) is 1. The first-order valence-corrected chi connectivity index (χ1v) is 8.72. The third-order valence-corrected chi connectivity index (χ3v) is 5.44. The van der Waals surface area contributed by atoms with E-state index in [9.17, 15) is 4.79 Å². The van der Waals surface area contributed by atoms with E-state index in [-0.39, 0.29) is 0 Å². The Morgan fingerprint density at radius 2 is 1.80 bits per heavy atom. The Labute approximate surface area is 124 Å². The van der Waals surface area contributed by atoms with Gasteiger partial charge in [-0.05, 0) is 63.2 Å². The molecule has 0 spiro atoms. The highest BCUT2D eigenvalue weighted by Gasteiger charge is 2.22. The lowest BCUT2D eigenvalue weighted by molar-refractivity contribution is -0.131. The third kappa shape index (κ3) is 4.76. The summed E-state index contributed by atoms with van der Waals surface area (Å²) in [7, 11) is 0. The van der Waals surface area contributed by atoms with Crippen LogP contribution in [0.25, 0.3) is 0 Å². The Hall–Kier alpha value is -0.570. The second-order valence-corrected chi connectivity index (χ2v) is 6.91. The molecule has 1 aliphatic heterocycles. The molecule has 0 bridgehead atoms. The largest absolute Gasteiger partial charge is 0.343 e. The normalized spacial score (nSPS) is 31.9. The number of carbonyl (C=O) groups excluding carboxylic acids is 1. The van der Waals surface area contributed by atoms with Gasteiger partial charge in [-0.3, -0.25) is 4.79 Å². The van der Waals surface area contributed by atoms with Gasteiger partial charge in [-0.2, -0.15) is 0 Å². The topological polar surface area (TPSA) is 46.3 Å². The molecule has 0 aromatic carbocycles. The molecule has 2 fully saturated rings. The summed E-state index contributed by atoms with van der Waals surface area (Å²) in [5.74, 6) is 1.98. The van der Waals surface area contributed by atoms with Crippen LogP contribution in [0.1, 0.15) is 71.1 Å². The SMILES string of the molecule is CCC1CCCN(C(=O)CCC2CCC(N)CC2)CC1. The molecule has 2 rings (SSSR count). The van der Waals surface area contributed by atoms with Gasteiger partial charge in [0.05, 0.1) is 0 Å². The second kappa shape index (κ2) is 8.02. The van der Waals surface area contributed by atoms with Crippen LogP contribution in [0.2, 0.25) is 0 Å². The quantitative estimate of drug-likeness (QED) is 0.858. The zero-order valence-corrected chi connectivity index (χ0v) is 13.2. The molecule has 2 aliphatic rings. The summed E-state index contributed by atoms with van der Waals surface area (Å²) >= 11 is 0. The highest BCUT2D eigenvalue weighted by atomic mass is 16.2. The smallest absolute Gasteiger partial charge is 0.222 e. The van der Waals surface area contributed by atoms with Gasteiger partial charge in [-0.1, -0.05) is 13.3 Å². The van der Waals surface area contributed by atoms with E-state index >= 15 is 0 Å². The molecule has 1 aliphatic carbocycles. The zero-order chi connectivity index (χ0) is 14.4. The predicted octanol–water partition coefficient (Wildman–Crippen LogP) is 3.32. The van der Waals surface area contributed by atoms with Gasteiger partial charge in [0, 0.05) is 25.6 Å². The van der Waals surface area contributed by atoms with E-state index in [4.69, 9.17) is 5.73 Å². The molecular formula is C17H32N2O. The average Bonchev–Trinajstić information content (AvgIpc) is 2.72. The van der Waals surface area contributed by atoms with Crippen LogP contribution < -0.4 is 5.73 Å². The molecule has 1 amide bonds. The molecule has 0 radical (unpaired) electrons. The molecule has 1 heterocycles. The fourth-order valence-corrected chi connectivity index (χ4v) is 3.79. The second-order valence-electron chi connectivity index (χ2n) is 6.91. The van der Waals surface area contributed by atoms with Crippen LogP contribution in [0.5, 0.6) is 0 Å². The minimum absolute atomic E-state index is 0.400. The molecule has 1 atom stereocenters. The Kier molecular flexibility index (Phi) is 6.34. The summed E-state index contributed by atoms with van der Waals surface area (Å²) in [4.78, 5) is 14.5. The third-order valence-electron chi connectivity index (χ3n) is 5.44. The van der Waals surface area contributed by atoms with Crippen molar-refractivity contribution in [3.05, 3.63) is 0 Å². The maximum Gasteiger partial charge on any atom is 0.222 e. The van der Waals surface area contributed by atoms with Crippen LogP contribution in [-0.4, -0.2) is 29.9 Å². The molecule has 3 heteroatoms. The molecule has 20 heavy (non-hydrogen) atoms. The van der Waals surface area contributed by atoms with Crippen molar-refractivity contribution in [1.29, 1.82) is 0 Å². The van der Waals surface area contributed by atoms with Gasteiger partial charge < -0.3 is 10.6 Å². The molecule has 1 saturated carbocycles. The maximum absolute atomic E-state index is 12.4. The van der Waals surface area contributed by atoms with Crippen LogP contribution in [-0.2, 0) is 4.79 Å². The summed E-state index contributed by atoms with van der Waals surface area (Å²) in [6, 6.07) is 0.415. The summed E-state index contributed by atoms with van der Waals surface area (Å²) in [6.07, 6.45) is 11.6. The van der Waals surface area contributed by atoms with Gasteiger partial charge in [-0.15, -0.1) is 0 Å². The Balaban J connectivity index is 1.69. The van der Waals surface area contributed by atoms with Crippen LogP contribution in [0, 0.1) is 11.8 Å². The maximum atomic E-state index is 12.4. The summed E-state index contributed by atoms with van der Waals surface area (Å²) < 4.78 is 0. The van der Waals surface area contributed by atoms with E-state index in [0.717, 1.165) is 50.6 Å². The fraction of sp³-hybridized carbons (Fsp3) is 0.941. The average molecular weight is 280 g/mol. The number of carbonyl (C=O) groups is 1. The van der Waals surface area contributed by atoms with Crippen molar-refractivity contribution in [2.45, 2.75) is 77.2 Å². The number of likely N-dealkylation sites (tertiary alicyclic amines) is 1. The number of hydrogen-bond acceptors (Lipinski definition) is 2. The number of amides is 1. The summed E-state index contributed by atoms with van der Waals surface area (Å²) in [5.41, 5.74) is 5.94. The lowest BCUT2D eigenvalue weighted by Crippen LogP contribution is -2.32. The van der Waals surface area contributed by atoms with E-state index in [0.29, 0.717) is 11.9 Å². The van der Waals surface area contributed by atoms with Crippen molar-refractivity contribution in [1.82, 2.24) is 4.90 Å². The van der Waals surface area contributed by atoms with Gasteiger partial charge in [0.2, 0.25) is 5.91 Å². The Morgan fingerprint density at radius 1 is 1.05 bits per heavy atom. The Morgan fingerprint density at radius 3 is 2.50 bits per heavy atom. The van der Waals surface area contributed by atoms with E-state index in [1.807, 2.05) is 0 Å². The number of rotatable bonds is 4. The van der Waals surface area contributed by atoms with Gasteiger partial charge in [0.1, 0.15) is 0 Å². The van der Waals surface area contributed by atoms with Gasteiger partial charge in [0.25, 0.3) is 0 Å².